The maximum Gasteiger partial charge on any atom is 0.338 e. The van der Waals surface area contributed by atoms with Crippen molar-refractivity contribution in [2.75, 3.05) is 6.61 Å². The summed E-state index contributed by atoms with van der Waals surface area (Å²) in [6, 6.07) is 2.03. The second kappa shape index (κ2) is 11.3. The van der Waals surface area contributed by atoms with Crippen molar-refractivity contribution in [3.8, 4) is 17.2 Å². The Hall–Kier alpha value is -2.24. The number of phenols is 3. The average Bonchev–Trinajstić information content (AvgIpc) is 2.59. The van der Waals surface area contributed by atoms with Crippen molar-refractivity contribution in [1.29, 1.82) is 0 Å². The minimum Gasteiger partial charge on any atom is -0.504 e. The van der Waals surface area contributed by atoms with Gasteiger partial charge in [0.15, 0.2) is 17.2 Å². The first kappa shape index (κ1) is 20.8. The van der Waals surface area contributed by atoms with Crippen molar-refractivity contribution in [3.63, 3.8) is 0 Å². The summed E-state index contributed by atoms with van der Waals surface area (Å²) in [5.41, 5.74) is -0.0637. The first-order valence-corrected chi connectivity index (χ1v) is 8.89. The third-order valence-corrected chi connectivity index (χ3v) is 3.95. The van der Waals surface area contributed by atoms with Crippen LogP contribution in [-0.4, -0.2) is 33.7 Å². The third kappa shape index (κ3) is 7.92. The molecule has 0 bridgehead atoms. The van der Waals surface area contributed by atoms with E-state index < -0.39 is 23.2 Å². The minimum atomic E-state index is -0.728. The van der Waals surface area contributed by atoms with Crippen molar-refractivity contribution in [3.05, 3.63) is 17.7 Å². The number of benzene rings is 1. The first-order chi connectivity index (χ1) is 12.0. The average molecular weight is 352 g/mol. The number of ketones is 1. The van der Waals surface area contributed by atoms with Gasteiger partial charge in [0, 0.05) is 12.8 Å². The van der Waals surface area contributed by atoms with Gasteiger partial charge in [0.25, 0.3) is 0 Å². The minimum absolute atomic E-state index is 0.0637. The zero-order valence-electron chi connectivity index (χ0n) is 14.8. The number of phenolic OH excluding ortho intramolecular Hbond substituents is 3. The molecule has 6 heteroatoms. The molecule has 1 aromatic rings. The number of aromatic hydroxyl groups is 3. The van der Waals surface area contributed by atoms with Gasteiger partial charge in [-0.2, -0.15) is 0 Å². The number of carbonyl (C=O) groups excluding carboxylic acids is 2. The molecule has 1 aromatic carbocycles. The molecule has 0 saturated heterocycles. The molecule has 1 rings (SSSR count). The molecule has 25 heavy (non-hydrogen) atoms. The molecule has 0 aliphatic carbocycles. The molecule has 0 aliphatic rings. The van der Waals surface area contributed by atoms with Crippen LogP contribution in [0.25, 0.3) is 0 Å². The Morgan fingerprint density at radius 2 is 1.44 bits per heavy atom. The van der Waals surface area contributed by atoms with E-state index in [1.54, 1.807) is 0 Å². The molecule has 140 valence electrons. The van der Waals surface area contributed by atoms with Crippen LogP contribution in [0.15, 0.2) is 12.1 Å². The quantitative estimate of drug-likeness (QED) is 0.298. The van der Waals surface area contributed by atoms with Crippen molar-refractivity contribution in [2.45, 2.75) is 64.7 Å². The van der Waals surface area contributed by atoms with Crippen molar-refractivity contribution in [2.24, 2.45) is 0 Å². The highest BCUT2D eigenvalue weighted by Crippen LogP contribution is 2.35. The lowest BCUT2D eigenvalue weighted by atomic mass is 10.1. The van der Waals surface area contributed by atoms with Gasteiger partial charge < -0.3 is 20.1 Å². The summed E-state index contributed by atoms with van der Waals surface area (Å²) in [6.07, 6.45) is 8.22. The zero-order chi connectivity index (χ0) is 18.7. The van der Waals surface area contributed by atoms with Crippen molar-refractivity contribution in [1.82, 2.24) is 0 Å². The number of hydrogen-bond donors (Lipinski definition) is 3. The molecule has 3 N–H and O–H groups in total. The lowest BCUT2D eigenvalue weighted by Crippen LogP contribution is -2.08. The molecule has 0 heterocycles. The van der Waals surface area contributed by atoms with Crippen LogP contribution >= 0.6 is 0 Å². The Balaban J connectivity index is 2.18. The van der Waals surface area contributed by atoms with E-state index >= 15 is 0 Å². The molecule has 6 nitrogen and oxygen atoms in total. The van der Waals surface area contributed by atoms with E-state index in [1.165, 1.54) is 25.7 Å². The van der Waals surface area contributed by atoms with Gasteiger partial charge in [0.2, 0.25) is 0 Å². The Labute approximate surface area is 148 Å². The van der Waals surface area contributed by atoms with Crippen LogP contribution < -0.4 is 0 Å². The molecule has 0 aromatic heterocycles. The maximum atomic E-state index is 11.8. The van der Waals surface area contributed by atoms with Crippen LogP contribution in [0.5, 0.6) is 17.2 Å². The Morgan fingerprint density at radius 1 is 0.880 bits per heavy atom. The van der Waals surface area contributed by atoms with Crippen LogP contribution in [0.3, 0.4) is 0 Å². The number of Topliss-reactive ketones (excluding diaryl/α,β-unsaturated/α-hetero) is 1. The summed E-state index contributed by atoms with van der Waals surface area (Å²) in [5, 5.41) is 28.0. The van der Waals surface area contributed by atoms with Crippen LogP contribution in [0.2, 0.25) is 0 Å². The summed E-state index contributed by atoms with van der Waals surface area (Å²) in [6.45, 7) is 2.26. The van der Waals surface area contributed by atoms with E-state index in [0.29, 0.717) is 19.3 Å². The highest BCUT2D eigenvalue weighted by Gasteiger charge is 2.14. The molecule has 0 atom stereocenters. The van der Waals surface area contributed by atoms with Gasteiger partial charge in [-0.15, -0.1) is 0 Å². The first-order valence-electron chi connectivity index (χ1n) is 8.89. The summed E-state index contributed by atoms with van der Waals surface area (Å²) in [5.74, 6) is -2.43. The van der Waals surface area contributed by atoms with Crippen LogP contribution in [0.4, 0.5) is 0 Å². The number of esters is 1. The summed E-state index contributed by atoms with van der Waals surface area (Å²) >= 11 is 0. The lowest BCUT2D eigenvalue weighted by Gasteiger charge is -2.07. The highest BCUT2D eigenvalue weighted by molar-refractivity contribution is 5.91. The summed E-state index contributed by atoms with van der Waals surface area (Å²) in [7, 11) is 0. The number of hydrogen-bond acceptors (Lipinski definition) is 6. The van der Waals surface area contributed by atoms with Gasteiger partial charge in [-0.3, -0.25) is 4.79 Å². The normalized spacial score (nSPS) is 10.6. The molecule has 0 saturated carbocycles. The van der Waals surface area contributed by atoms with Crippen molar-refractivity contribution >= 4 is 11.8 Å². The van der Waals surface area contributed by atoms with E-state index in [2.05, 4.69) is 6.92 Å². The van der Waals surface area contributed by atoms with Gasteiger partial charge in [0.05, 0.1) is 12.2 Å². The molecule has 0 aliphatic heterocycles. The Morgan fingerprint density at radius 3 is 2.08 bits per heavy atom. The predicted molar refractivity (Wildman–Crippen MR) is 94.0 cm³/mol. The van der Waals surface area contributed by atoms with E-state index in [1.807, 2.05) is 0 Å². The maximum absolute atomic E-state index is 11.8. The predicted octanol–water partition coefficient (Wildman–Crippen LogP) is 4.06. The molecular weight excluding hydrogens is 324 g/mol. The van der Waals surface area contributed by atoms with E-state index in [-0.39, 0.29) is 18.0 Å². The zero-order valence-corrected chi connectivity index (χ0v) is 14.8. The van der Waals surface area contributed by atoms with Gasteiger partial charge in [-0.05, 0) is 25.0 Å². The fourth-order valence-electron chi connectivity index (χ4n) is 2.47. The second-order valence-electron chi connectivity index (χ2n) is 6.16. The number of unbranched alkanes of at least 4 members (excludes halogenated alkanes) is 5. The van der Waals surface area contributed by atoms with E-state index in [0.717, 1.165) is 25.0 Å². The Bertz CT molecular complexity index is 544. The third-order valence-electron chi connectivity index (χ3n) is 3.95. The second-order valence-corrected chi connectivity index (χ2v) is 6.16. The monoisotopic (exact) mass is 352 g/mol. The van der Waals surface area contributed by atoms with Gasteiger partial charge >= 0.3 is 5.97 Å². The SMILES string of the molecule is CCCCCCCCC(=O)CCCOC(=O)c1cc(O)c(O)c(O)c1. The van der Waals surface area contributed by atoms with E-state index in [9.17, 15) is 24.9 Å². The van der Waals surface area contributed by atoms with Crippen molar-refractivity contribution < 1.29 is 29.6 Å². The molecule has 0 fully saturated rings. The van der Waals surface area contributed by atoms with Gasteiger partial charge in [-0.1, -0.05) is 39.0 Å². The standard InChI is InChI=1S/C19H28O6/c1-2-3-4-5-6-7-9-15(20)10-8-11-25-19(24)14-12-16(21)18(23)17(22)13-14/h12-13,21-23H,2-11H2,1H3. The molecule has 0 amide bonds. The van der Waals surface area contributed by atoms with Crippen LogP contribution in [0.1, 0.15) is 75.1 Å². The fourth-order valence-corrected chi connectivity index (χ4v) is 2.47. The summed E-state index contributed by atoms with van der Waals surface area (Å²) < 4.78 is 5.00. The van der Waals surface area contributed by atoms with Gasteiger partial charge in [-0.25, -0.2) is 4.79 Å². The van der Waals surface area contributed by atoms with Crippen LogP contribution in [0, 0.1) is 0 Å². The number of carbonyl (C=O) groups is 2. The highest BCUT2D eigenvalue weighted by atomic mass is 16.5. The molecule has 0 radical (unpaired) electrons. The number of ether oxygens (including phenoxy) is 1. The smallest absolute Gasteiger partial charge is 0.338 e. The molecular formula is C19H28O6. The van der Waals surface area contributed by atoms with Gasteiger partial charge in [0.1, 0.15) is 5.78 Å². The number of rotatable bonds is 12. The largest absolute Gasteiger partial charge is 0.504 e. The fraction of sp³-hybridized carbons (Fsp3) is 0.579. The Kier molecular flexibility index (Phi) is 9.43. The van der Waals surface area contributed by atoms with Crippen LogP contribution in [-0.2, 0) is 9.53 Å². The summed E-state index contributed by atoms with van der Waals surface area (Å²) in [4.78, 5) is 23.5. The van der Waals surface area contributed by atoms with E-state index in [4.69, 9.17) is 4.74 Å². The topological polar surface area (TPSA) is 104 Å². The lowest BCUT2D eigenvalue weighted by molar-refractivity contribution is -0.119. The molecule has 0 spiro atoms. The molecule has 0 unspecified atom stereocenters.